The summed E-state index contributed by atoms with van der Waals surface area (Å²) in [5.74, 6) is -0.609. The number of hydrogen-bond donors (Lipinski definition) is 3. The lowest BCUT2D eigenvalue weighted by Gasteiger charge is -2.29. The lowest BCUT2D eigenvalue weighted by molar-refractivity contribution is -0.137. The van der Waals surface area contributed by atoms with Crippen LogP contribution in [0.4, 0.5) is 0 Å². The zero-order valence-electron chi connectivity index (χ0n) is 11.0. The highest BCUT2D eigenvalue weighted by Gasteiger charge is 2.23. The molecule has 1 unspecified atom stereocenters. The molecule has 1 aliphatic rings. The predicted octanol–water partition coefficient (Wildman–Crippen LogP) is 1.26. The van der Waals surface area contributed by atoms with Crippen LogP contribution in [0, 0.1) is 5.92 Å². The Morgan fingerprint density at radius 3 is 2.50 bits per heavy atom. The summed E-state index contributed by atoms with van der Waals surface area (Å²) in [5.41, 5.74) is 5.67. The van der Waals surface area contributed by atoms with Crippen molar-refractivity contribution in [3.63, 3.8) is 0 Å². The molecule has 0 aliphatic heterocycles. The first kappa shape index (κ1) is 15.0. The van der Waals surface area contributed by atoms with Crippen molar-refractivity contribution in [1.29, 1.82) is 0 Å². The third-order valence-corrected chi connectivity index (χ3v) is 3.73. The summed E-state index contributed by atoms with van der Waals surface area (Å²) in [6.07, 6.45) is 6.20. The van der Waals surface area contributed by atoms with E-state index < -0.39 is 12.0 Å². The second-order valence-electron chi connectivity index (χ2n) is 5.23. The highest BCUT2D eigenvalue weighted by atomic mass is 16.4. The van der Waals surface area contributed by atoms with E-state index in [-0.39, 0.29) is 24.8 Å². The van der Waals surface area contributed by atoms with Crippen molar-refractivity contribution < 1.29 is 14.7 Å². The van der Waals surface area contributed by atoms with Gasteiger partial charge in [0.2, 0.25) is 5.91 Å². The number of nitrogens with two attached hydrogens (primary N) is 1. The van der Waals surface area contributed by atoms with Crippen LogP contribution >= 0.6 is 0 Å². The standard InChI is InChI=1S/C13H24N2O3/c1-9(10-5-3-2-4-6-10)15-13(18)11(14)7-8-12(16)17/h9-11H,2-8,14H2,1H3,(H,15,18)(H,16,17)/t9-,11?/m0/s1. The van der Waals surface area contributed by atoms with Crippen molar-refractivity contribution in [2.75, 3.05) is 0 Å². The number of carboxylic acid groups (broad SMARTS) is 1. The number of amides is 1. The van der Waals surface area contributed by atoms with Crippen molar-refractivity contribution in [1.82, 2.24) is 5.32 Å². The first-order valence-electron chi connectivity index (χ1n) is 6.78. The van der Waals surface area contributed by atoms with E-state index >= 15 is 0 Å². The largest absolute Gasteiger partial charge is 0.481 e. The van der Waals surface area contributed by atoms with E-state index in [4.69, 9.17) is 10.8 Å². The molecule has 0 spiro atoms. The fourth-order valence-electron chi connectivity index (χ4n) is 2.49. The van der Waals surface area contributed by atoms with Crippen molar-refractivity contribution in [2.24, 2.45) is 11.7 Å². The van der Waals surface area contributed by atoms with Gasteiger partial charge < -0.3 is 16.2 Å². The molecule has 104 valence electrons. The molecule has 2 atom stereocenters. The maximum absolute atomic E-state index is 11.8. The van der Waals surface area contributed by atoms with Gasteiger partial charge in [-0.3, -0.25) is 9.59 Å². The maximum atomic E-state index is 11.8. The highest BCUT2D eigenvalue weighted by Crippen LogP contribution is 2.26. The van der Waals surface area contributed by atoms with Crippen LogP contribution in [0.25, 0.3) is 0 Å². The summed E-state index contributed by atoms with van der Waals surface area (Å²) in [4.78, 5) is 22.2. The van der Waals surface area contributed by atoms with Gasteiger partial charge in [-0.25, -0.2) is 0 Å². The first-order valence-corrected chi connectivity index (χ1v) is 6.78. The Balaban J connectivity index is 2.31. The minimum atomic E-state index is -0.918. The molecule has 1 aliphatic carbocycles. The van der Waals surface area contributed by atoms with Gasteiger partial charge in [0.1, 0.15) is 0 Å². The summed E-state index contributed by atoms with van der Waals surface area (Å²) in [6.45, 7) is 2.01. The Bertz CT molecular complexity index is 288. The van der Waals surface area contributed by atoms with E-state index in [0.29, 0.717) is 5.92 Å². The SMILES string of the molecule is C[C@H](NC(=O)C(N)CCC(=O)O)C1CCCCC1. The van der Waals surface area contributed by atoms with E-state index in [2.05, 4.69) is 5.32 Å². The molecule has 0 aromatic carbocycles. The zero-order valence-corrected chi connectivity index (χ0v) is 11.0. The molecule has 4 N–H and O–H groups in total. The quantitative estimate of drug-likeness (QED) is 0.667. The van der Waals surface area contributed by atoms with Crippen LogP contribution in [0.3, 0.4) is 0 Å². The topological polar surface area (TPSA) is 92.4 Å². The molecule has 0 saturated heterocycles. The molecule has 5 heteroatoms. The molecule has 0 aromatic rings. The fraction of sp³-hybridized carbons (Fsp3) is 0.846. The fourth-order valence-corrected chi connectivity index (χ4v) is 2.49. The van der Waals surface area contributed by atoms with Gasteiger partial charge in [0.15, 0.2) is 0 Å². The lowest BCUT2D eigenvalue weighted by Crippen LogP contribution is -2.47. The number of aliphatic carboxylic acids is 1. The second kappa shape index (κ2) is 7.36. The Morgan fingerprint density at radius 1 is 1.33 bits per heavy atom. The Labute approximate surface area is 108 Å². The number of carbonyl (C=O) groups excluding carboxylic acids is 1. The van der Waals surface area contributed by atoms with E-state index in [9.17, 15) is 9.59 Å². The highest BCUT2D eigenvalue weighted by molar-refractivity contribution is 5.82. The number of rotatable bonds is 6. The monoisotopic (exact) mass is 256 g/mol. The molecule has 1 fully saturated rings. The van der Waals surface area contributed by atoms with Gasteiger partial charge in [0.05, 0.1) is 6.04 Å². The molecule has 1 amide bonds. The molecule has 1 rings (SSSR count). The summed E-state index contributed by atoms with van der Waals surface area (Å²) < 4.78 is 0. The average Bonchev–Trinajstić information content (AvgIpc) is 2.36. The van der Waals surface area contributed by atoms with Crippen LogP contribution in [-0.2, 0) is 9.59 Å². The molecule has 0 bridgehead atoms. The minimum Gasteiger partial charge on any atom is -0.481 e. The minimum absolute atomic E-state index is 0.0631. The number of nitrogens with one attached hydrogen (secondary N) is 1. The maximum Gasteiger partial charge on any atom is 0.303 e. The van der Waals surface area contributed by atoms with Crippen molar-refractivity contribution >= 4 is 11.9 Å². The molecular weight excluding hydrogens is 232 g/mol. The summed E-state index contributed by atoms with van der Waals surface area (Å²) >= 11 is 0. The van der Waals surface area contributed by atoms with Gasteiger partial charge in [0, 0.05) is 12.5 Å². The zero-order chi connectivity index (χ0) is 13.5. The van der Waals surface area contributed by atoms with Gasteiger partial charge in [-0.05, 0) is 32.1 Å². The van der Waals surface area contributed by atoms with Gasteiger partial charge in [0.25, 0.3) is 0 Å². The summed E-state index contributed by atoms with van der Waals surface area (Å²) in [6, 6.07) is -0.583. The van der Waals surface area contributed by atoms with Gasteiger partial charge in [-0.15, -0.1) is 0 Å². The third kappa shape index (κ3) is 5.04. The van der Waals surface area contributed by atoms with Gasteiger partial charge in [-0.2, -0.15) is 0 Å². The van der Waals surface area contributed by atoms with Crippen LogP contribution in [0.2, 0.25) is 0 Å². The van der Waals surface area contributed by atoms with Crippen LogP contribution in [0.5, 0.6) is 0 Å². The van der Waals surface area contributed by atoms with E-state index in [1.807, 2.05) is 6.92 Å². The predicted molar refractivity (Wildman–Crippen MR) is 69.0 cm³/mol. The molecule has 1 saturated carbocycles. The van der Waals surface area contributed by atoms with E-state index in [0.717, 1.165) is 12.8 Å². The Kier molecular flexibility index (Phi) is 6.12. The summed E-state index contributed by atoms with van der Waals surface area (Å²) in [7, 11) is 0. The Morgan fingerprint density at radius 2 is 1.94 bits per heavy atom. The number of hydrogen-bond acceptors (Lipinski definition) is 3. The van der Waals surface area contributed by atoms with Crippen LogP contribution in [-0.4, -0.2) is 29.1 Å². The molecule has 0 heterocycles. The smallest absolute Gasteiger partial charge is 0.303 e. The van der Waals surface area contributed by atoms with E-state index in [1.165, 1.54) is 19.3 Å². The average molecular weight is 256 g/mol. The third-order valence-electron chi connectivity index (χ3n) is 3.73. The molecular formula is C13H24N2O3. The number of carbonyl (C=O) groups is 2. The number of carboxylic acids is 1. The van der Waals surface area contributed by atoms with Crippen molar-refractivity contribution in [3.05, 3.63) is 0 Å². The van der Waals surface area contributed by atoms with Crippen LogP contribution < -0.4 is 11.1 Å². The van der Waals surface area contributed by atoms with Gasteiger partial charge >= 0.3 is 5.97 Å². The molecule has 18 heavy (non-hydrogen) atoms. The first-order chi connectivity index (χ1) is 8.50. The normalized spacial score (nSPS) is 20.1. The molecule has 5 nitrogen and oxygen atoms in total. The van der Waals surface area contributed by atoms with E-state index in [1.54, 1.807) is 0 Å². The van der Waals surface area contributed by atoms with Gasteiger partial charge in [-0.1, -0.05) is 19.3 Å². The van der Waals surface area contributed by atoms with Crippen LogP contribution in [0.15, 0.2) is 0 Å². The van der Waals surface area contributed by atoms with Crippen LogP contribution in [0.1, 0.15) is 51.9 Å². The molecule has 0 radical (unpaired) electrons. The Hall–Kier alpha value is -1.10. The molecule has 0 aromatic heterocycles. The van der Waals surface area contributed by atoms with Crippen molar-refractivity contribution in [2.45, 2.75) is 64.0 Å². The van der Waals surface area contributed by atoms with Crippen molar-refractivity contribution in [3.8, 4) is 0 Å². The summed E-state index contributed by atoms with van der Waals surface area (Å²) in [5, 5.41) is 11.5. The second-order valence-corrected chi connectivity index (χ2v) is 5.23. The lowest BCUT2D eigenvalue weighted by atomic mass is 9.84.